The topological polar surface area (TPSA) is 96.3 Å². The van der Waals surface area contributed by atoms with E-state index in [-0.39, 0.29) is 23.8 Å². The van der Waals surface area contributed by atoms with Gasteiger partial charge in [-0.25, -0.2) is 4.98 Å². The molecule has 28 heavy (non-hydrogen) atoms. The van der Waals surface area contributed by atoms with Gasteiger partial charge in [-0.2, -0.15) is 0 Å². The molecule has 1 unspecified atom stereocenters. The molecule has 3 aromatic rings. The number of aromatic nitrogens is 2. The van der Waals surface area contributed by atoms with E-state index >= 15 is 0 Å². The molecule has 0 spiro atoms. The Labute approximate surface area is 169 Å². The van der Waals surface area contributed by atoms with Gasteiger partial charge in [0.15, 0.2) is 0 Å². The average Bonchev–Trinajstić information content (AvgIpc) is 3.07. The number of anilines is 1. The molecule has 1 heterocycles. The van der Waals surface area contributed by atoms with E-state index in [4.69, 9.17) is 16.3 Å². The van der Waals surface area contributed by atoms with Crippen molar-refractivity contribution in [2.24, 2.45) is 7.05 Å². The molecule has 0 radical (unpaired) electrons. The van der Waals surface area contributed by atoms with Crippen LogP contribution < -0.4 is 10.1 Å². The summed E-state index contributed by atoms with van der Waals surface area (Å²) in [6.45, 7) is 0.0523. The summed E-state index contributed by atoms with van der Waals surface area (Å²) in [6, 6.07) is 11.7. The van der Waals surface area contributed by atoms with Crippen LogP contribution in [-0.4, -0.2) is 24.2 Å². The number of hydrogen-bond acceptors (Lipinski definition) is 5. The minimum Gasteiger partial charge on any atom is -0.768 e. The van der Waals surface area contributed by atoms with E-state index in [9.17, 15) is 13.6 Å². The zero-order chi connectivity index (χ0) is 20.1. The number of halogens is 1. The second-order valence-corrected chi connectivity index (χ2v) is 7.32. The van der Waals surface area contributed by atoms with Crippen molar-refractivity contribution in [3.63, 3.8) is 0 Å². The fourth-order valence-electron chi connectivity index (χ4n) is 2.56. The first-order valence-corrected chi connectivity index (χ1v) is 9.74. The van der Waals surface area contributed by atoms with Gasteiger partial charge in [-0.3, -0.25) is 9.00 Å². The van der Waals surface area contributed by atoms with Crippen molar-refractivity contribution in [1.82, 2.24) is 9.55 Å². The second kappa shape index (κ2) is 9.01. The third-order valence-electron chi connectivity index (χ3n) is 3.99. The number of ether oxygens (including phenoxy) is 1. The van der Waals surface area contributed by atoms with Crippen LogP contribution in [0.4, 0.5) is 5.69 Å². The molecule has 1 N–H and O–H groups in total. The van der Waals surface area contributed by atoms with Crippen molar-refractivity contribution < 1.29 is 18.3 Å². The summed E-state index contributed by atoms with van der Waals surface area (Å²) >= 11 is 3.58. The normalized spacial score (nSPS) is 11.8. The molecular weight excluding hydrogens is 402 g/mol. The molecule has 0 bridgehead atoms. The molecule has 146 valence electrons. The van der Waals surface area contributed by atoms with Crippen molar-refractivity contribution in [3.05, 3.63) is 71.1 Å². The number of carbonyl (C=O) groups is 1. The lowest BCUT2D eigenvalue weighted by Crippen LogP contribution is -2.15. The zero-order valence-corrected chi connectivity index (χ0v) is 16.5. The molecule has 0 aliphatic rings. The lowest BCUT2D eigenvalue weighted by Gasteiger charge is -2.15. The maximum Gasteiger partial charge on any atom is 0.228 e. The van der Waals surface area contributed by atoms with Crippen LogP contribution in [0.2, 0.25) is 5.02 Å². The number of hydrogen-bond donors (Lipinski definition) is 1. The molecule has 1 aromatic heterocycles. The number of nitrogens with zero attached hydrogens (tertiary/aromatic N) is 2. The van der Waals surface area contributed by atoms with E-state index in [1.165, 1.54) is 12.3 Å². The number of aryl methyl sites for hydroxylation is 1. The van der Waals surface area contributed by atoms with Gasteiger partial charge in [0.25, 0.3) is 0 Å². The van der Waals surface area contributed by atoms with Crippen LogP contribution in [0.1, 0.15) is 11.1 Å². The Morgan fingerprint density at radius 1 is 1.29 bits per heavy atom. The molecule has 2 aromatic carbocycles. The molecule has 3 rings (SSSR count). The Balaban J connectivity index is 1.71. The minimum absolute atomic E-state index is 0.0523. The Morgan fingerprint density at radius 2 is 2.07 bits per heavy atom. The van der Waals surface area contributed by atoms with Gasteiger partial charge in [0.05, 0.1) is 18.9 Å². The number of carbonyl (C=O) groups excluding carboxylic acids is 1. The molecular formula is C19H17ClN3O4S-. The Morgan fingerprint density at radius 3 is 2.75 bits per heavy atom. The fraction of sp³-hybridized carbons (Fsp3) is 0.158. The molecule has 0 aliphatic heterocycles. The summed E-state index contributed by atoms with van der Waals surface area (Å²) in [5.41, 5.74) is 1.54. The van der Waals surface area contributed by atoms with Crippen LogP contribution in [0, 0.1) is 0 Å². The first-order valence-electron chi connectivity index (χ1n) is 8.28. The quantitative estimate of drug-likeness (QED) is 0.595. The van der Waals surface area contributed by atoms with Crippen molar-refractivity contribution >= 4 is 34.3 Å². The monoisotopic (exact) mass is 418 g/mol. The van der Waals surface area contributed by atoms with Crippen LogP contribution in [0.15, 0.2) is 59.9 Å². The summed E-state index contributed by atoms with van der Waals surface area (Å²) in [7, 11) is 1.77. The van der Waals surface area contributed by atoms with E-state index in [1.54, 1.807) is 54.3 Å². The molecule has 0 saturated heterocycles. The van der Waals surface area contributed by atoms with Crippen LogP contribution >= 0.6 is 11.6 Å². The zero-order valence-electron chi connectivity index (χ0n) is 14.9. The van der Waals surface area contributed by atoms with Gasteiger partial charge in [0.2, 0.25) is 11.8 Å². The SMILES string of the molecule is Cn1cncc1OCc1ccc(NC(=O)Cc2ccccc2Cl)cc1S(=O)[O-]. The number of amides is 1. The van der Waals surface area contributed by atoms with Gasteiger partial charge < -0.3 is 19.2 Å². The Hall–Kier alpha value is -2.68. The lowest BCUT2D eigenvalue weighted by molar-refractivity contribution is -0.115. The number of rotatable bonds is 7. The van der Waals surface area contributed by atoms with Crippen molar-refractivity contribution in [2.45, 2.75) is 17.9 Å². The minimum atomic E-state index is -2.49. The summed E-state index contributed by atoms with van der Waals surface area (Å²) < 4.78 is 30.5. The predicted molar refractivity (Wildman–Crippen MR) is 105 cm³/mol. The molecule has 9 heteroatoms. The summed E-state index contributed by atoms with van der Waals surface area (Å²) in [4.78, 5) is 16.3. The number of nitrogens with one attached hydrogen (secondary N) is 1. The Bertz CT molecular complexity index is 1020. The molecule has 1 atom stereocenters. The van der Waals surface area contributed by atoms with Gasteiger partial charge in [-0.1, -0.05) is 35.9 Å². The standard InChI is InChI=1S/C19H18ClN3O4S/c1-23-12-21-10-19(23)27-11-14-6-7-15(9-17(14)28(25)26)22-18(24)8-13-4-2-3-5-16(13)20/h2-7,9-10,12H,8,11H2,1H3,(H,22,24)(H,25,26)/p-1. The second-order valence-electron chi connectivity index (χ2n) is 6.01. The number of imidazole rings is 1. The van der Waals surface area contributed by atoms with Crippen molar-refractivity contribution in [2.75, 3.05) is 5.32 Å². The van der Waals surface area contributed by atoms with E-state index in [2.05, 4.69) is 10.3 Å². The lowest BCUT2D eigenvalue weighted by atomic mass is 10.1. The predicted octanol–water partition coefficient (Wildman–Crippen LogP) is 3.07. The van der Waals surface area contributed by atoms with E-state index in [0.717, 1.165) is 0 Å². The highest BCUT2D eigenvalue weighted by Crippen LogP contribution is 2.22. The highest BCUT2D eigenvalue weighted by molar-refractivity contribution is 7.79. The van der Waals surface area contributed by atoms with Crippen LogP contribution in [-0.2, 0) is 36.0 Å². The van der Waals surface area contributed by atoms with Gasteiger partial charge >= 0.3 is 0 Å². The summed E-state index contributed by atoms with van der Waals surface area (Å²) in [5, 5.41) is 3.19. The first-order chi connectivity index (χ1) is 13.4. The van der Waals surface area contributed by atoms with Crippen LogP contribution in [0.25, 0.3) is 0 Å². The van der Waals surface area contributed by atoms with Crippen LogP contribution in [0.5, 0.6) is 5.88 Å². The maximum absolute atomic E-state index is 12.3. The fourth-order valence-corrected chi connectivity index (χ4v) is 3.33. The van der Waals surface area contributed by atoms with E-state index in [0.29, 0.717) is 27.7 Å². The van der Waals surface area contributed by atoms with E-state index < -0.39 is 11.1 Å². The van der Waals surface area contributed by atoms with Crippen LogP contribution in [0.3, 0.4) is 0 Å². The Kier molecular flexibility index (Phi) is 6.45. The van der Waals surface area contributed by atoms with E-state index in [1.807, 2.05) is 0 Å². The molecule has 7 nitrogen and oxygen atoms in total. The molecule has 0 aliphatic carbocycles. The third-order valence-corrected chi connectivity index (χ3v) is 5.10. The largest absolute Gasteiger partial charge is 0.768 e. The molecule has 0 fully saturated rings. The highest BCUT2D eigenvalue weighted by Gasteiger charge is 2.11. The molecule has 0 saturated carbocycles. The first kappa shape index (κ1) is 20.1. The van der Waals surface area contributed by atoms with Gasteiger partial charge in [-0.05, 0) is 34.8 Å². The van der Waals surface area contributed by atoms with Gasteiger partial charge in [-0.15, -0.1) is 0 Å². The highest BCUT2D eigenvalue weighted by atomic mass is 35.5. The summed E-state index contributed by atoms with van der Waals surface area (Å²) in [6.07, 6.45) is 3.21. The van der Waals surface area contributed by atoms with Crippen molar-refractivity contribution in [1.29, 1.82) is 0 Å². The van der Waals surface area contributed by atoms with Gasteiger partial charge in [0.1, 0.15) is 6.61 Å². The smallest absolute Gasteiger partial charge is 0.228 e. The summed E-state index contributed by atoms with van der Waals surface area (Å²) in [5.74, 6) is 0.217. The molecule has 1 amide bonds. The van der Waals surface area contributed by atoms with Crippen molar-refractivity contribution in [3.8, 4) is 5.88 Å². The maximum atomic E-state index is 12.3. The average molecular weight is 419 g/mol. The third kappa shape index (κ3) is 4.98. The van der Waals surface area contributed by atoms with Gasteiger partial charge in [0, 0.05) is 28.2 Å². The number of benzene rings is 2.